The van der Waals surface area contributed by atoms with Gasteiger partial charge in [0.05, 0.1) is 0 Å². The molecule has 1 N–H and O–H groups in total. The van der Waals surface area contributed by atoms with E-state index in [-0.39, 0.29) is 11.3 Å². The summed E-state index contributed by atoms with van der Waals surface area (Å²) < 4.78 is 0. The first kappa shape index (κ1) is 16.8. The minimum atomic E-state index is -0.280. The van der Waals surface area contributed by atoms with Crippen molar-refractivity contribution in [3.63, 3.8) is 0 Å². The van der Waals surface area contributed by atoms with Crippen LogP contribution in [-0.2, 0) is 4.79 Å². The second-order valence-corrected chi connectivity index (χ2v) is 8.20. The summed E-state index contributed by atoms with van der Waals surface area (Å²) in [5.41, 5.74) is -0.280. The van der Waals surface area contributed by atoms with Crippen LogP contribution in [0.25, 0.3) is 0 Å². The first-order chi connectivity index (χ1) is 9.90. The number of hydrogen-bond donors (Lipinski definition) is 1. The van der Waals surface area contributed by atoms with Gasteiger partial charge >= 0.3 is 0 Å². The van der Waals surface area contributed by atoms with Gasteiger partial charge in [-0.3, -0.25) is 9.69 Å². The Balaban J connectivity index is 1.93. The number of carbonyl (C=O) groups excluding carboxylic acids is 1. The van der Waals surface area contributed by atoms with Crippen molar-refractivity contribution >= 4 is 5.91 Å². The van der Waals surface area contributed by atoms with Crippen molar-refractivity contribution in [3.05, 3.63) is 0 Å². The fourth-order valence-electron chi connectivity index (χ4n) is 3.50. The van der Waals surface area contributed by atoms with Crippen molar-refractivity contribution in [1.29, 1.82) is 0 Å². The third-order valence-corrected chi connectivity index (χ3v) is 5.14. The fraction of sp³-hybridized carbons (Fsp3) is 0.944. The van der Waals surface area contributed by atoms with Gasteiger partial charge in [0.1, 0.15) is 0 Å². The number of hydrogen-bond acceptors (Lipinski definition) is 2. The van der Waals surface area contributed by atoms with Crippen LogP contribution >= 0.6 is 0 Å². The van der Waals surface area contributed by atoms with Crippen LogP contribution in [0, 0.1) is 11.3 Å². The normalized spacial score (nSPS) is 28.2. The average Bonchev–Trinajstić information content (AvgIpc) is 2.33. The SMILES string of the molecule is CCCCC1CC(NC(=O)C(C)(C)C)CN(C2CCC2)C1. The number of likely N-dealkylation sites (tertiary alicyclic amines) is 1. The van der Waals surface area contributed by atoms with Gasteiger partial charge < -0.3 is 5.32 Å². The molecule has 21 heavy (non-hydrogen) atoms. The smallest absolute Gasteiger partial charge is 0.225 e. The molecule has 1 aliphatic heterocycles. The maximum absolute atomic E-state index is 12.3. The molecule has 1 amide bonds. The number of piperidine rings is 1. The van der Waals surface area contributed by atoms with Crippen LogP contribution in [0.15, 0.2) is 0 Å². The molecule has 2 atom stereocenters. The van der Waals surface area contributed by atoms with E-state index in [0.717, 1.165) is 18.5 Å². The van der Waals surface area contributed by atoms with Crippen LogP contribution < -0.4 is 5.32 Å². The number of carbonyl (C=O) groups is 1. The molecule has 1 heterocycles. The van der Waals surface area contributed by atoms with E-state index in [1.54, 1.807) is 0 Å². The summed E-state index contributed by atoms with van der Waals surface area (Å²) in [6, 6.07) is 1.15. The van der Waals surface area contributed by atoms with Gasteiger partial charge in [-0.1, -0.05) is 47.0 Å². The van der Waals surface area contributed by atoms with E-state index in [0.29, 0.717) is 6.04 Å². The van der Waals surface area contributed by atoms with Crippen molar-refractivity contribution in [3.8, 4) is 0 Å². The molecule has 3 heteroatoms. The van der Waals surface area contributed by atoms with Crippen molar-refractivity contribution in [2.75, 3.05) is 13.1 Å². The molecular weight excluding hydrogens is 260 g/mol. The predicted octanol–water partition coefficient (Wildman–Crippen LogP) is 3.58. The predicted molar refractivity (Wildman–Crippen MR) is 88.2 cm³/mol. The highest BCUT2D eigenvalue weighted by Crippen LogP contribution is 2.31. The van der Waals surface area contributed by atoms with E-state index in [9.17, 15) is 4.79 Å². The van der Waals surface area contributed by atoms with Crippen molar-refractivity contribution in [1.82, 2.24) is 10.2 Å². The molecule has 1 saturated heterocycles. The third kappa shape index (κ3) is 4.70. The van der Waals surface area contributed by atoms with Crippen LogP contribution in [0.4, 0.5) is 0 Å². The lowest BCUT2D eigenvalue weighted by atomic mass is 9.84. The molecule has 2 unspecified atom stereocenters. The van der Waals surface area contributed by atoms with Crippen LogP contribution in [0.1, 0.15) is 72.6 Å². The van der Waals surface area contributed by atoms with Crippen LogP contribution in [-0.4, -0.2) is 36.0 Å². The van der Waals surface area contributed by atoms with Gasteiger partial charge in [0.25, 0.3) is 0 Å². The number of unbranched alkanes of at least 4 members (excludes halogenated alkanes) is 1. The standard InChI is InChI=1S/C18H34N2O/c1-5-6-8-14-11-15(19-17(21)18(2,3)4)13-20(12-14)16-9-7-10-16/h14-16H,5-13H2,1-4H3,(H,19,21). The largest absolute Gasteiger partial charge is 0.352 e. The second-order valence-electron chi connectivity index (χ2n) is 8.20. The van der Waals surface area contributed by atoms with Crippen molar-refractivity contribution in [2.24, 2.45) is 11.3 Å². The molecule has 1 saturated carbocycles. The van der Waals surface area contributed by atoms with Gasteiger partial charge in [0, 0.05) is 30.6 Å². The van der Waals surface area contributed by atoms with Crippen LogP contribution in [0.5, 0.6) is 0 Å². The maximum atomic E-state index is 12.3. The summed E-state index contributed by atoms with van der Waals surface area (Å²) in [7, 11) is 0. The third-order valence-electron chi connectivity index (χ3n) is 5.14. The number of amides is 1. The molecule has 0 aromatic rings. The zero-order valence-electron chi connectivity index (χ0n) is 14.5. The number of nitrogens with one attached hydrogen (secondary N) is 1. The summed E-state index contributed by atoms with van der Waals surface area (Å²) in [5.74, 6) is 0.974. The highest BCUT2D eigenvalue weighted by Gasteiger charge is 2.35. The molecule has 0 radical (unpaired) electrons. The lowest BCUT2D eigenvalue weighted by Crippen LogP contribution is -2.56. The Kier molecular flexibility index (Phi) is 5.70. The van der Waals surface area contributed by atoms with E-state index in [2.05, 4.69) is 17.1 Å². The zero-order valence-corrected chi connectivity index (χ0v) is 14.5. The molecule has 0 spiro atoms. The number of nitrogens with zero attached hydrogens (tertiary/aromatic N) is 1. The van der Waals surface area contributed by atoms with Crippen molar-refractivity contribution < 1.29 is 4.79 Å². The molecule has 2 fully saturated rings. The molecule has 122 valence electrons. The van der Waals surface area contributed by atoms with Gasteiger partial charge in [-0.2, -0.15) is 0 Å². The topological polar surface area (TPSA) is 32.3 Å². The highest BCUT2D eigenvalue weighted by molar-refractivity contribution is 5.81. The molecule has 0 aromatic heterocycles. The van der Waals surface area contributed by atoms with Gasteiger partial charge in [-0.15, -0.1) is 0 Å². The Morgan fingerprint density at radius 3 is 2.48 bits per heavy atom. The lowest BCUT2D eigenvalue weighted by molar-refractivity contribution is -0.130. The van der Waals surface area contributed by atoms with Crippen LogP contribution in [0.3, 0.4) is 0 Å². The second kappa shape index (κ2) is 7.13. The molecular formula is C18H34N2O. The van der Waals surface area contributed by atoms with E-state index in [1.807, 2.05) is 20.8 Å². The Labute approximate surface area is 130 Å². The van der Waals surface area contributed by atoms with Gasteiger partial charge in [0.2, 0.25) is 5.91 Å². The monoisotopic (exact) mass is 294 g/mol. The first-order valence-corrected chi connectivity index (χ1v) is 8.95. The van der Waals surface area contributed by atoms with Gasteiger partial charge in [-0.05, 0) is 31.6 Å². The summed E-state index contributed by atoms with van der Waals surface area (Å²) in [6.45, 7) is 10.6. The summed E-state index contributed by atoms with van der Waals surface area (Å²) in [4.78, 5) is 15.0. The summed E-state index contributed by atoms with van der Waals surface area (Å²) >= 11 is 0. The zero-order chi connectivity index (χ0) is 15.5. The molecule has 2 aliphatic rings. The van der Waals surface area contributed by atoms with E-state index < -0.39 is 0 Å². The summed E-state index contributed by atoms with van der Waals surface area (Å²) in [5, 5.41) is 3.32. The average molecular weight is 294 g/mol. The summed E-state index contributed by atoms with van der Waals surface area (Å²) in [6.07, 6.45) is 9.20. The van der Waals surface area contributed by atoms with Crippen LogP contribution in [0.2, 0.25) is 0 Å². The quantitative estimate of drug-likeness (QED) is 0.840. The molecule has 2 rings (SSSR count). The van der Waals surface area contributed by atoms with E-state index in [1.165, 1.54) is 51.5 Å². The minimum Gasteiger partial charge on any atom is -0.352 e. The van der Waals surface area contributed by atoms with Gasteiger partial charge in [0.15, 0.2) is 0 Å². The van der Waals surface area contributed by atoms with E-state index in [4.69, 9.17) is 0 Å². The first-order valence-electron chi connectivity index (χ1n) is 8.95. The number of rotatable bonds is 5. The molecule has 0 bridgehead atoms. The Hall–Kier alpha value is -0.570. The lowest BCUT2D eigenvalue weighted by Gasteiger charge is -2.45. The Morgan fingerprint density at radius 1 is 1.24 bits per heavy atom. The van der Waals surface area contributed by atoms with Gasteiger partial charge in [-0.25, -0.2) is 0 Å². The maximum Gasteiger partial charge on any atom is 0.225 e. The Bertz CT molecular complexity index is 344. The fourth-order valence-corrected chi connectivity index (χ4v) is 3.50. The highest BCUT2D eigenvalue weighted by atomic mass is 16.2. The molecule has 0 aromatic carbocycles. The Morgan fingerprint density at radius 2 is 1.95 bits per heavy atom. The molecule has 1 aliphatic carbocycles. The molecule has 3 nitrogen and oxygen atoms in total. The van der Waals surface area contributed by atoms with Crippen molar-refractivity contribution in [2.45, 2.75) is 84.7 Å². The van der Waals surface area contributed by atoms with E-state index >= 15 is 0 Å². The minimum absolute atomic E-state index is 0.206.